The first-order valence-electron chi connectivity index (χ1n) is 10.5. The minimum atomic E-state index is -0.833. The zero-order chi connectivity index (χ0) is 26.0. The summed E-state index contributed by atoms with van der Waals surface area (Å²) in [6.07, 6.45) is 1.34. The minimum Gasteiger partial charge on any atom is -0.486 e. The number of amides is 4. The monoisotopic (exact) mass is 569 g/mol. The molecule has 182 valence electrons. The second-order valence-electron chi connectivity index (χ2n) is 7.82. The Morgan fingerprint density at radius 1 is 1.08 bits per heavy atom. The predicted molar refractivity (Wildman–Crippen MR) is 137 cm³/mol. The fourth-order valence-electron chi connectivity index (χ4n) is 3.42. The Hall–Kier alpha value is -4.02. The van der Waals surface area contributed by atoms with E-state index in [1.54, 1.807) is 42.5 Å². The molecule has 9 nitrogen and oxygen atoms in total. The smallest absolute Gasteiger partial charge is 0.335 e. The van der Waals surface area contributed by atoms with Gasteiger partial charge in [0.2, 0.25) is 0 Å². The largest absolute Gasteiger partial charge is 0.486 e. The zero-order valence-corrected chi connectivity index (χ0v) is 21.0. The number of urea groups is 1. The molecule has 11 heteroatoms. The number of imide groups is 2. The molecule has 3 aromatic rings. The number of hydrogen-bond acceptors (Lipinski definition) is 6. The molecule has 0 aromatic heterocycles. The zero-order valence-electron chi connectivity index (χ0n) is 18.7. The molecule has 0 bridgehead atoms. The highest BCUT2D eigenvalue weighted by Crippen LogP contribution is 2.36. The molecule has 1 N–H and O–H groups in total. The van der Waals surface area contributed by atoms with Gasteiger partial charge in [-0.3, -0.25) is 25.0 Å². The molecular weight excluding hydrogens is 554 g/mol. The molecule has 0 radical (unpaired) electrons. The molecule has 0 saturated carbocycles. The second kappa shape index (κ2) is 10.3. The first-order chi connectivity index (χ1) is 17.1. The van der Waals surface area contributed by atoms with Crippen molar-refractivity contribution in [3.63, 3.8) is 0 Å². The quantitative estimate of drug-likeness (QED) is 0.179. The molecule has 0 atom stereocenters. The number of nitro groups is 1. The third-order valence-electron chi connectivity index (χ3n) is 5.26. The van der Waals surface area contributed by atoms with Crippen molar-refractivity contribution in [1.29, 1.82) is 0 Å². The molecule has 0 spiro atoms. The number of nitrogens with zero attached hydrogens (tertiary/aromatic N) is 2. The normalized spacial score (nSPS) is 14.7. The number of nitro benzene ring substituents is 1. The first-order valence-corrected chi connectivity index (χ1v) is 11.6. The highest BCUT2D eigenvalue weighted by atomic mass is 79.9. The summed E-state index contributed by atoms with van der Waals surface area (Å²) < 4.78 is 6.23. The van der Waals surface area contributed by atoms with Crippen LogP contribution in [0.15, 0.2) is 70.7 Å². The number of carbonyl (C=O) groups excluding carboxylic acids is 3. The highest BCUT2D eigenvalue weighted by molar-refractivity contribution is 9.10. The molecule has 3 aromatic carbocycles. The lowest BCUT2D eigenvalue weighted by Gasteiger charge is -2.26. The maximum Gasteiger partial charge on any atom is 0.335 e. The van der Waals surface area contributed by atoms with Crippen LogP contribution in [-0.4, -0.2) is 22.8 Å². The number of carbonyl (C=O) groups is 3. The number of non-ortho nitro benzene ring substituents is 1. The lowest BCUT2D eigenvalue weighted by molar-refractivity contribution is -0.384. The Labute approximate surface area is 218 Å². The summed E-state index contributed by atoms with van der Waals surface area (Å²) in [6, 6.07) is 14.9. The number of rotatable bonds is 6. The number of nitrogens with one attached hydrogen (secondary N) is 1. The summed E-state index contributed by atoms with van der Waals surface area (Å²) in [5.74, 6) is -1.27. The number of hydrogen-bond donors (Lipinski definition) is 1. The molecule has 36 heavy (non-hydrogen) atoms. The summed E-state index contributed by atoms with van der Waals surface area (Å²) >= 11 is 9.78. The number of halogens is 2. The molecule has 0 unspecified atom stereocenters. The van der Waals surface area contributed by atoms with Crippen LogP contribution in [0.5, 0.6) is 5.75 Å². The number of benzene rings is 3. The second-order valence-corrected chi connectivity index (χ2v) is 9.08. The van der Waals surface area contributed by atoms with E-state index < -0.39 is 22.8 Å². The average Bonchev–Trinajstić information content (AvgIpc) is 2.82. The van der Waals surface area contributed by atoms with Crippen molar-refractivity contribution in [3.05, 3.63) is 103 Å². The molecule has 1 fully saturated rings. The van der Waals surface area contributed by atoms with E-state index in [0.29, 0.717) is 27.0 Å². The van der Waals surface area contributed by atoms with Crippen molar-refractivity contribution in [3.8, 4) is 5.75 Å². The van der Waals surface area contributed by atoms with Gasteiger partial charge in [-0.05, 0) is 76.5 Å². The van der Waals surface area contributed by atoms with Crippen LogP contribution >= 0.6 is 27.5 Å². The van der Waals surface area contributed by atoms with E-state index in [1.165, 1.54) is 24.3 Å². The molecule has 1 saturated heterocycles. The fourth-order valence-corrected chi connectivity index (χ4v) is 4.41. The van der Waals surface area contributed by atoms with E-state index in [2.05, 4.69) is 21.2 Å². The summed E-state index contributed by atoms with van der Waals surface area (Å²) in [5.41, 5.74) is 2.13. The van der Waals surface area contributed by atoms with E-state index >= 15 is 0 Å². The SMILES string of the molecule is Cc1ccc(N2C(=O)NC(=O)/C(=C\c3cc(Cl)c(OCc4ccc([N+](=O)[O-])cc4)c(Br)c3)C2=O)cc1. The van der Waals surface area contributed by atoms with E-state index in [0.717, 1.165) is 10.5 Å². The van der Waals surface area contributed by atoms with Gasteiger partial charge in [0.25, 0.3) is 17.5 Å². The van der Waals surface area contributed by atoms with Gasteiger partial charge in [0, 0.05) is 12.1 Å². The summed E-state index contributed by atoms with van der Waals surface area (Å²) in [6.45, 7) is 1.98. The molecule has 1 heterocycles. The number of ether oxygens (including phenoxy) is 1. The Morgan fingerprint density at radius 3 is 2.36 bits per heavy atom. The summed E-state index contributed by atoms with van der Waals surface area (Å²) in [7, 11) is 0. The summed E-state index contributed by atoms with van der Waals surface area (Å²) in [4.78, 5) is 49.1. The van der Waals surface area contributed by atoms with Gasteiger partial charge in [0.05, 0.1) is 20.1 Å². The van der Waals surface area contributed by atoms with E-state index in [9.17, 15) is 24.5 Å². The van der Waals surface area contributed by atoms with Crippen LogP contribution in [0.4, 0.5) is 16.2 Å². The molecule has 1 aliphatic rings. The van der Waals surface area contributed by atoms with Crippen LogP contribution in [0.1, 0.15) is 16.7 Å². The van der Waals surface area contributed by atoms with Gasteiger partial charge >= 0.3 is 6.03 Å². The van der Waals surface area contributed by atoms with Crippen LogP contribution in [0.2, 0.25) is 5.02 Å². The van der Waals surface area contributed by atoms with Gasteiger partial charge in [-0.1, -0.05) is 29.3 Å². The van der Waals surface area contributed by atoms with Gasteiger partial charge in [-0.2, -0.15) is 0 Å². The maximum absolute atomic E-state index is 13.1. The third-order valence-corrected chi connectivity index (χ3v) is 6.13. The lowest BCUT2D eigenvalue weighted by Crippen LogP contribution is -2.54. The average molecular weight is 571 g/mol. The van der Waals surface area contributed by atoms with Gasteiger partial charge < -0.3 is 4.74 Å². The molecule has 1 aliphatic heterocycles. The van der Waals surface area contributed by atoms with E-state index in [4.69, 9.17) is 16.3 Å². The van der Waals surface area contributed by atoms with Crippen LogP contribution < -0.4 is 15.0 Å². The van der Waals surface area contributed by atoms with Gasteiger partial charge in [0.15, 0.2) is 5.75 Å². The van der Waals surface area contributed by atoms with Crippen molar-refractivity contribution in [2.45, 2.75) is 13.5 Å². The Balaban J connectivity index is 1.57. The number of aryl methyl sites for hydroxylation is 1. The van der Waals surface area contributed by atoms with Crippen LogP contribution in [0.3, 0.4) is 0 Å². The molecule has 4 rings (SSSR count). The van der Waals surface area contributed by atoms with Gasteiger partial charge in [-0.25, -0.2) is 9.69 Å². The van der Waals surface area contributed by atoms with E-state index in [-0.39, 0.29) is 22.9 Å². The molecule has 0 aliphatic carbocycles. The van der Waals surface area contributed by atoms with Crippen molar-refractivity contribution < 1.29 is 24.0 Å². The van der Waals surface area contributed by atoms with Crippen LogP contribution in [0.25, 0.3) is 6.08 Å². The first kappa shape index (κ1) is 25.1. The minimum absolute atomic E-state index is 0.0284. The van der Waals surface area contributed by atoms with E-state index in [1.807, 2.05) is 6.92 Å². The Morgan fingerprint density at radius 2 is 1.75 bits per heavy atom. The highest BCUT2D eigenvalue weighted by Gasteiger charge is 2.36. The standard InChI is InChI=1S/C25H17BrClN3O6/c1-14-2-6-17(7-3-14)29-24(32)19(23(31)28-25(29)33)10-16-11-20(26)22(21(27)12-16)36-13-15-4-8-18(9-5-15)30(34)35/h2-12H,13H2,1H3,(H,28,31,33)/b19-10+. The topological polar surface area (TPSA) is 119 Å². The van der Waals surface area contributed by atoms with Crippen LogP contribution in [0, 0.1) is 17.0 Å². The fraction of sp³-hybridized carbons (Fsp3) is 0.0800. The third kappa shape index (κ3) is 5.29. The lowest BCUT2D eigenvalue weighted by atomic mass is 10.1. The van der Waals surface area contributed by atoms with Crippen LogP contribution in [-0.2, 0) is 16.2 Å². The van der Waals surface area contributed by atoms with Crippen molar-refractivity contribution in [1.82, 2.24) is 5.32 Å². The molecule has 4 amide bonds. The summed E-state index contributed by atoms with van der Waals surface area (Å²) in [5, 5.41) is 13.2. The van der Waals surface area contributed by atoms with Gasteiger partial charge in [0.1, 0.15) is 12.2 Å². The van der Waals surface area contributed by atoms with Gasteiger partial charge in [-0.15, -0.1) is 0 Å². The van der Waals surface area contributed by atoms with Crippen molar-refractivity contribution in [2.75, 3.05) is 4.90 Å². The maximum atomic E-state index is 13.1. The number of barbiturate groups is 1. The Kier molecular flexibility index (Phi) is 7.18. The molecular formula is C25H17BrClN3O6. The van der Waals surface area contributed by atoms with Crippen molar-refractivity contribution >= 4 is 62.8 Å². The predicted octanol–water partition coefficient (Wildman–Crippen LogP) is 5.56. The Bertz CT molecular complexity index is 1400. The van der Waals surface area contributed by atoms with Crippen molar-refractivity contribution in [2.24, 2.45) is 0 Å². The number of anilines is 1.